The molecule has 2 amide bonds. The third-order valence-corrected chi connectivity index (χ3v) is 2.92. The van der Waals surface area contributed by atoms with Gasteiger partial charge in [-0.25, -0.2) is 4.79 Å². The summed E-state index contributed by atoms with van der Waals surface area (Å²) >= 11 is 0. The van der Waals surface area contributed by atoms with Crippen LogP contribution in [0.15, 0.2) is 24.3 Å². The first kappa shape index (κ1) is 11.5. The van der Waals surface area contributed by atoms with Crippen LogP contribution in [-0.4, -0.2) is 18.6 Å². The Balaban J connectivity index is 2.12. The van der Waals surface area contributed by atoms with Crippen molar-refractivity contribution in [2.45, 2.75) is 25.8 Å². The summed E-state index contributed by atoms with van der Waals surface area (Å²) in [6, 6.07) is 9.34. The first-order valence-corrected chi connectivity index (χ1v) is 5.82. The molecule has 88 valence electrons. The van der Waals surface area contributed by atoms with Crippen LogP contribution < -0.4 is 10.2 Å². The van der Waals surface area contributed by atoms with Crippen LogP contribution in [0.2, 0.25) is 0 Å². The standard InChI is InChI=1S/C13H15N3O/c1-2-3-11-9-16(13(17)15-11)12-6-4-10(8-14)5-7-12/h4-7,11H,2-3,9H2,1H3,(H,15,17)/t11-/m0/s1. The number of nitrogens with one attached hydrogen (secondary N) is 1. The quantitative estimate of drug-likeness (QED) is 0.864. The normalized spacial score (nSPS) is 18.9. The third-order valence-electron chi connectivity index (χ3n) is 2.92. The van der Waals surface area contributed by atoms with E-state index in [1.54, 1.807) is 17.0 Å². The van der Waals surface area contributed by atoms with E-state index in [4.69, 9.17) is 5.26 Å². The molecule has 0 bridgehead atoms. The molecule has 0 saturated carbocycles. The summed E-state index contributed by atoms with van der Waals surface area (Å²) < 4.78 is 0. The van der Waals surface area contributed by atoms with Crippen LogP contribution in [0.3, 0.4) is 0 Å². The second-order valence-corrected chi connectivity index (χ2v) is 4.20. The molecule has 4 nitrogen and oxygen atoms in total. The number of carbonyl (C=O) groups is 1. The predicted octanol–water partition coefficient (Wildman–Crippen LogP) is 2.26. The van der Waals surface area contributed by atoms with E-state index < -0.39 is 0 Å². The van der Waals surface area contributed by atoms with Gasteiger partial charge in [0.1, 0.15) is 0 Å². The van der Waals surface area contributed by atoms with Gasteiger partial charge >= 0.3 is 6.03 Å². The molecule has 1 saturated heterocycles. The highest BCUT2D eigenvalue weighted by atomic mass is 16.2. The first-order chi connectivity index (χ1) is 8.24. The Bertz CT molecular complexity index is 447. The monoisotopic (exact) mass is 229 g/mol. The molecule has 1 heterocycles. The van der Waals surface area contributed by atoms with E-state index in [-0.39, 0.29) is 12.1 Å². The lowest BCUT2D eigenvalue weighted by Gasteiger charge is -2.14. The zero-order valence-electron chi connectivity index (χ0n) is 9.81. The van der Waals surface area contributed by atoms with Crippen LogP contribution in [0, 0.1) is 11.3 Å². The summed E-state index contributed by atoms with van der Waals surface area (Å²) in [6.07, 6.45) is 2.06. The van der Waals surface area contributed by atoms with Gasteiger partial charge in [-0.3, -0.25) is 4.90 Å². The molecule has 0 radical (unpaired) electrons. The highest BCUT2D eigenvalue weighted by Crippen LogP contribution is 2.20. The number of benzene rings is 1. The highest BCUT2D eigenvalue weighted by molar-refractivity contribution is 5.94. The van der Waals surface area contributed by atoms with Gasteiger partial charge in [-0.15, -0.1) is 0 Å². The van der Waals surface area contributed by atoms with E-state index in [0.717, 1.165) is 18.5 Å². The van der Waals surface area contributed by atoms with Gasteiger partial charge in [-0.2, -0.15) is 5.26 Å². The predicted molar refractivity (Wildman–Crippen MR) is 65.7 cm³/mol. The molecular formula is C13H15N3O. The van der Waals surface area contributed by atoms with E-state index in [1.807, 2.05) is 12.1 Å². The van der Waals surface area contributed by atoms with Gasteiger partial charge in [0.2, 0.25) is 0 Å². The summed E-state index contributed by atoms with van der Waals surface area (Å²) in [4.78, 5) is 13.5. The number of rotatable bonds is 3. The van der Waals surface area contributed by atoms with Gasteiger partial charge in [0.05, 0.1) is 11.6 Å². The van der Waals surface area contributed by atoms with Gasteiger partial charge in [0.25, 0.3) is 0 Å². The van der Waals surface area contributed by atoms with Gasteiger partial charge in [0, 0.05) is 18.3 Å². The molecule has 1 aliphatic heterocycles. The van der Waals surface area contributed by atoms with Crippen LogP contribution in [-0.2, 0) is 0 Å². The van der Waals surface area contributed by atoms with Gasteiger partial charge in [-0.05, 0) is 30.7 Å². The maximum atomic E-state index is 11.8. The molecule has 1 fully saturated rings. The summed E-state index contributed by atoms with van der Waals surface area (Å²) in [7, 11) is 0. The van der Waals surface area contributed by atoms with Gasteiger partial charge < -0.3 is 5.32 Å². The van der Waals surface area contributed by atoms with Crippen LogP contribution in [0.25, 0.3) is 0 Å². The molecular weight excluding hydrogens is 214 g/mol. The number of hydrogen-bond acceptors (Lipinski definition) is 2. The zero-order valence-corrected chi connectivity index (χ0v) is 9.81. The Morgan fingerprint density at radius 2 is 2.18 bits per heavy atom. The zero-order chi connectivity index (χ0) is 12.3. The lowest BCUT2D eigenvalue weighted by atomic mass is 10.1. The number of carbonyl (C=O) groups excluding carboxylic acids is 1. The van der Waals surface area contributed by atoms with Crippen molar-refractivity contribution in [2.24, 2.45) is 0 Å². The lowest BCUT2D eigenvalue weighted by molar-refractivity contribution is 0.250. The topological polar surface area (TPSA) is 56.1 Å². The second-order valence-electron chi connectivity index (χ2n) is 4.20. The van der Waals surface area contributed by atoms with Crippen LogP contribution in [0.5, 0.6) is 0 Å². The third kappa shape index (κ3) is 2.39. The second kappa shape index (κ2) is 4.88. The van der Waals surface area contributed by atoms with E-state index in [9.17, 15) is 4.79 Å². The van der Waals surface area contributed by atoms with Gasteiger partial charge in [0.15, 0.2) is 0 Å². The average Bonchev–Trinajstić information content (AvgIpc) is 2.71. The summed E-state index contributed by atoms with van der Waals surface area (Å²) in [6.45, 7) is 2.81. The first-order valence-electron chi connectivity index (χ1n) is 5.82. The maximum absolute atomic E-state index is 11.8. The molecule has 17 heavy (non-hydrogen) atoms. The van der Waals surface area contributed by atoms with Crippen molar-refractivity contribution in [1.82, 2.24) is 5.32 Å². The largest absolute Gasteiger partial charge is 0.333 e. The van der Waals surface area contributed by atoms with Crippen molar-refractivity contribution < 1.29 is 4.79 Å². The highest BCUT2D eigenvalue weighted by Gasteiger charge is 2.28. The fourth-order valence-electron chi connectivity index (χ4n) is 2.05. The Labute approximate surface area is 101 Å². The number of urea groups is 1. The minimum Gasteiger partial charge on any atom is -0.333 e. The van der Waals surface area contributed by atoms with Crippen molar-refractivity contribution in [1.29, 1.82) is 5.26 Å². The molecule has 0 spiro atoms. The summed E-state index contributed by atoms with van der Waals surface area (Å²) in [5.41, 5.74) is 1.46. The molecule has 4 heteroatoms. The van der Waals surface area contributed by atoms with Crippen molar-refractivity contribution in [3.63, 3.8) is 0 Å². The number of amides is 2. The van der Waals surface area contributed by atoms with Crippen LogP contribution in [0.1, 0.15) is 25.3 Å². The summed E-state index contributed by atoms with van der Waals surface area (Å²) in [5.74, 6) is 0. The SMILES string of the molecule is CCC[C@H]1CN(c2ccc(C#N)cc2)C(=O)N1. The molecule has 0 unspecified atom stereocenters. The Morgan fingerprint density at radius 1 is 1.47 bits per heavy atom. The molecule has 0 aromatic heterocycles. The van der Waals surface area contributed by atoms with E-state index in [2.05, 4.69) is 18.3 Å². The van der Waals surface area contributed by atoms with Gasteiger partial charge in [-0.1, -0.05) is 13.3 Å². The molecule has 1 aliphatic rings. The van der Waals surface area contributed by atoms with Crippen molar-refractivity contribution in [2.75, 3.05) is 11.4 Å². The smallest absolute Gasteiger partial charge is 0.322 e. The van der Waals surface area contributed by atoms with Crippen molar-refractivity contribution in [3.8, 4) is 6.07 Å². The van der Waals surface area contributed by atoms with E-state index in [0.29, 0.717) is 12.1 Å². The Kier molecular flexibility index (Phi) is 3.29. The van der Waals surface area contributed by atoms with Crippen LogP contribution >= 0.6 is 0 Å². The number of nitrogens with zero attached hydrogens (tertiary/aromatic N) is 2. The lowest BCUT2D eigenvalue weighted by Crippen LogP contribution is -2.28. The molecule has 2 rings (SSSR count). The average molecular weight is 229 g/mol. The van der Waals surface area contributed by atoms with E-state index in [1.165, 1.54) is 0 Å². The minimum atomic E-state index is -0.0480. The van der Waals surface area contributed by atoms with Crippen LogP contribution in [0.4, 0.5) is 10.5 Å². The fourth-order valence-corrected chi connectivity index (χ4v) is 2.05. The number of hydrogen-bond donors (Lipinski definition) is 1. The van der Waals surface area contributed by atoms with E-state index >= 15 is 0 Å². The molecule has 1 N–H and O–H groups in total. The summed E-state index contributed by atoms with van der Waals surface area (Å²) in [5, 5.41) is 11.7. The van der Waals surface area contributed by atoms with Crippen molar-refractivity contribution in [3.05, 3.63) is 29.8 Å². The maximum Gasteiger partial charge on any atom is 0.322 e. The molecule has 1 aromatic rings. The number of anilines is 1. The Hall–Kier alpha value is -2.02. The molecule has 0 aliphatic carbocycles. The molecule has 1 aromatic carbocycles. The number of nitriles is 1. The fraction of sp³-hybridized carbons (Fsp3) is 0.385. The van der Waals surface area contributed by atoms with Crippen molar-refractivity contribution >= 4 is 11.7 Å². The minimum absolute atomic E-state index is 0.0480. The molecule has 1 atom stereocenters. The Morgan fingerprint density at radius 3 is 2.76 bits per heavy atom.